The van der Waals surface area contributed by atoms with E-state index in [1.807, 2.05) is 13.8 Å². The van der Waals surface area contributed by atoms with Gasteiger partial charge in [0.2, 0.25) is 0 Å². The molecule has 0 aliphatic heterocycles. The fourth-order valence-electron chi connectivity index (χ4n) is 1.24. The normalized spacial score (nSPS) is 11.6. The number of benzene rings is 1. The minimum absolute atomic E-state index is 0.0754. The van der Waals surface area contributed by atoms with Gasteiger partial charge in [-0.15, -0.1) is 0 Å². The van der Waals surface area contributed by atoms with Crippen LogP contribution in [0.25, 0.3) is 0 Å². The number of rotatable bonds is 5. The summed E-state index contributed by atoms with van der Waals surface area (Å²) in [7, 11) is -4.69. The minimum atomic E-state index is -4.69. The lowest BCUT2D eigenvalue weighted by molar-refractivity contribution is 0.383. The molecule has 0 bridgehead atoms. The average molecular weight is 277 g/mol. The first-order valence-electron chi connectivity index (χ1n) is 5.16. The summed E-state index contributed by atoms with van der Waals surface area (Å²) >= 11 is 0. The van der Waals surface area contributed by atoms with Crippen LogP contribution in [0, 0.1) is 5.92 Å². The molecule has 0 saturated heterocycles. The van der Waals surface area contributed by atoms with Gasteiger partial charge >= 0.3 is 10.4 Å². The van der Waals surface area contributed by atoms with Gasteiger partial charge in [-0.2, -0.15) is 8.42 Å². The Balaban J connectivity index is 2.97. The smallest absolute Gasteiger partial charge is 0.446 e. The second-order valence-electron chi connectivity index (χ2n) is 4.12. The van der Waals surface area contributed by atoms with Gasteiger partial charge in [-0.25, -0.2) is 0 Å². The van der Waals surface area contributed by atoms with Gasteiger partial charge in [0.25, 0.3) is 0 Å². The van der Waals surface area contributed by atoms with Crippen LogP contribution in [0.2, 0.25) is 0 Å². The zero-order chi connectivity index (χ0) is 13.9. The van der Waals surface area contributed by atoms with Crippen molar-refractivity contribution in [2.45, 2.75) is 13.8 Å². The third-order valence-electron chi connectivity index (χ3n) is 1.96. The molecule has 102 valence electrons. The van der Waals surface area contributed by atoms with E-state index in [0.717, 1.165) is 12.1 Å². The summed E-state index contributed by atoms with van der Waals surface area (Å²) in [6, 6.07) is 1.94. The quantitative estimate of drug-likeness (QED) is 0.474. The average Bonchev–Trinajstić information content (AvgIpc) is 2.12. The van der Waals surface area contributed by atoms with Crippen LogP contribution in [0.3, 0.4) is 0 Å². The van der Waals surface area contributed by atoms with Crippen LogP contribution in [-0.4, -0.2) is 29.7 Å². The molecule has 0 unspecified atom stereocenters. The highest BCUT2D eigenvalue weighted by Crippen LogP contribution is 2.37. The van der Waals surface area contributed by atoms with E-state index >= 15 is 0 Å². The molecule has 8 heteroatoms. The zero-order valence-electron chi connectivity index (χ0n) is 9.91. The van der Waals surface area contributed by atoms with Crippen molar-refractivity contribution in [2.75, 3.05) is 11.9 Å². The van der Waals surface area contributed by atoms with Crippen LogP contribution in [0.4, 0.5) is 5.69 Å². The van der Waals surface area contributed by atoms with E-state index in [-0.39, 0.29) is 28.9 Å². The molecule has 1 rings (SSSR count). The van der Waals surface area contributed by atoms with Gasteiger partial charge in [0, 0.05) is 18.7 Å². The molecular weight excluding hydrogens is 262 g/mol. The molecule has 1 aromatic rings. The van der Waals surface area contributed by atoms with Crippen LogP contribution in [0.5, 0.6) is 17.2 Å². The van der Waals surface area contributed by atoms with Gasteiger partial charge in [-0.1, -0.05) is 13.8 Å². The highest BCUT2D eigenvalue weighted by molar-refractivity contribution is 7.81. The van der Waals surface area contributed by atoms with E-state index in [4.69, 9.17) is 4.55 Å². The van der Waals surface area contributed by atoms with Crippen LogP contribution in [-0.2, 0) is 10.4 Å². The topological polar surface area (TPSA) is 116 Å². The number of aromatic hydroxyl groups is 2. The Bertz CT molecular complexity index is 502. The second kappa shape index (κ2) is 5.32. The van der Waals surface area contributed by atoms with Gasteiger partial charge < -0.3 is 19.7 Å². The summed E-state index contributed by atoms with van der Waals surface area (Å²) in [5.41, 5.74) is 0.0754. The SMILES string of the molecule is CC(C)CNc1c(O)cc(OS(=O)(=O)O)cc1O. The summed E-state index contributed by atoms with van der Waals surface area (Å²) in [6.45, 7) is 4.40. The molecule has 0 aliphatic carbocycles. The van der Waals surface area contributed by atoms with E-state index in [1.54, 1.807) is 0 Å². The van der Waals surface area contributed by atoms with E-state index < -0.39 is 10.4 Å². The first-order chi connectivity index (χ1) is 8.19. The third kappa shape index (κ3) is 4.30. The Morgan fingerprint density at radius 3 is 2.17 bits per heavy atom. The monoisotopic (exact) mass is 277 g/mol. The first kappa shape index (κ1) is 14.4. The molecular formula is C10H15NO6S. The zero-order valence-corrected chi connectivity index (χ0v) is 10.7. The third-order valence-corrected chi connectivity index (χ3v) is 2.36. The molecule has 4 N–H and O–H groups in total. The number of nitrogens with one attached hydrogen (secondary N) is 1. The molecule has 0 fully saturated rings. The lowest BCUT2D eigenvalue weighted by atomic mass is 10.2. The fraction of sp³-hybridized carbons (Fsp3) is 0.400. The van der Waals surface area contributed by atoms with Gasteiger partial charge in [-0.3, -0.25) is 4.55 Å². The highest BCUT2D eigenvalue weighted by Gasteiger charge is 2.14. The number of phenols is 2. The van der Waals surface area contributed by atoms with Crippen LogP contribution in [0.1, 0.15) is 13.8 Å². The van der Waals surface area contributed by atoms with Crippen LogP contribution < -0.4 is 9.50 Å². The predicted molar refractivity (Wildman–Crippen MR) is 65.3 cm³/mol. The Morgan fingerprint density at radius 2 is 1.78 bits per heavy atom. The summed E-state index contributed by atoms with van der Waals surface area (Å²) in [5, 5.41) is 22.0. The Labute approximate surface area is 105 Å². The number of anilines is 1. The summed E-state index contributed by atoms with van der Waals surface area (Å²) in [5.74, 6) is -0.858. The molecule has 0 spiro atoms. The van der Waals surface area contributed by atoms with Crippen molar-refractivity contribution >= 4 is 16.1 Å². The molecule has 7 nitrogen and oxygen atoms in total. The van der Waals surface area contributed by atoms with Crippen molar-refractivity contribution in [3.63, 3.8) is 0 Å². The van der Waals surface area contributed by atoms with Gasteiger partial charge in [0.05, 0.1) is 0 Å². The van der Waals surface area contributed by atoms with Crippen LogP contribution >= 0.6 is 0 Å². The minimum Gasteiger partial charge on any atom is -0.505 e. The Morgan fingerprint density at radius 1 is 1.28 bits per heavy atom. The van der Waals surface area contributed by atoms with E-state index in [1.165, 1.54) is 0 Å². The second-order valence-corrected chi connectivity index (χ2v) is 5.14. The number of phenolic OH excluding ortho intramolecular Hbond substituents is 2. The number of hydrogen-bond acceptors (Lipinski definition) is 6. The number of hydrogen-bond donors (Lipinski definition) is 4. The van der Waals surface area contributed by atoms with E-state index in [2.05, 4.69) is 9.50 Å². The van der Waals surface area contributed by atoms with Crippen molar-refractivity contribution in [1.29, 1.82) is 0 Å². The van der Waals surface area contributed by atoms with E-state index in [9.17, 15) is 18.6 Å². The molecule has 18 heavy (non-hydrogen) atoms. The lowest BCUT2D eigenvalue weighted by Crippen LogP contribution is -2.09. The lowest BCUT2D eigenvalue weighted by Gasteiger charge is -2.13. The molecule has 0 radical (unpaired) electrons. The van der Waals surface area contributed by atoms with Gasteiger partial charge in [0.15, 0.2) is 5.75 Å². The van der Waals surface area contributed by atoms with Gasteiger partial charge in [-0.05, 0) is 5.92 Å². The molecule has 0 atom stereocenters. The maximum atomic E-state index is 10.5. The van der Waals surface area contributed by atoms with Crippen molar-refractivity contribution in [2.24, 2.45) is 5.92 Å². The summed E-state index contributed by atoms with van der Waals surface area (Å²) in [4.78, 5) is 0. The highest BCUT2D eigenvalue weighted by atomic mass is 32.3. The van der Waals surface area contributed by atoms with Crippen molar-refractivity contribution in [1.82, 2.24) is 0 Å². The summed E-state index contributed by atoms with van der Waals surface area (Å²) in [6.07, 6.45) is 0. The van der Waals surface area contributed by atoms with Gasteiger partial charge in [0.1, 0.15) is 17.2 Å². The molecule has 0 saturated carbocycles. The predicted octanol–water partition coefficient (Wildman–Crippen LogP) is 1.35. The standard InChI is InChI=1S/C10H15NO6S/c1-6(2)5-11-10-8(12)3-7(4-9(10)13)17-18(14,15)16/h3-4,6,11-13H,5H2,1-2H3,(H,14,15,16). The van der Waals surface area contributed by atoms with Crippen molar-refractivity contribution < 1.29 is 27.4 Å². The largest absolute Gasteiger partial charge is 0.505 e. The molecule has 0 heterocycles. The Hall–Kier alpha value is -1.67. The summed E-state index contributed by atoms with van der Waals surface area (Å²) < 4.78 is 33.5. The van der Waals surface area contributed by atoms with Crippen LogP contribution in [0.15, 0.2) is 12.1 Å². The fourth-order valence-corrected chi connectivity index (χ4v) is 1.58. The van der Waals surface area contributed by atoms with E-state index in [0.29, 0.717) is 6.54 Å². The molecule has 0 amide bonds. The van der Waals surface area contributed by atoms with Crippen molar-refractivity contribution in [3.05, 3.63) is 12.1 Å². The maximum Gasteiger partial charge on any atom is 0.446 e. The molecule has 1 aromatic carbocycles. The first-order valence-corrected chi connectivity index (χ1v) is 6.52. The Kier molecular flexibility index (Phi) is 4.25. The maximum absolute atomic E-state index is 10.5. The molecule has 0 aromatic heterocycles. The van der Waals surface area contributed by atoms with Crippen molar-refractivity contribution in [3.8, 4) is 17.2 Å². The molecule has 0 aliphatic rings.